The van der Waals surface area contributed by atoms with Crippen molar-refractivity contribution in [1.82, 2.24) is 0 Å². The minimum Gasteiger partial charge on any atom is -0.496 e. The van der Waals surface area contributed by atoms with Gasteiger partial charge in [-0.2, -0.15) is 0 Å². The van der Waals surface area contributed by atoms with E-state index in [1.165, 1.54) is 0 Å². The maximum Gasteiger partial charge on any atom is 0.123 e. The zero-order valence-corrected chi connectivity index (χ0v) is 17.0. The van der Waals surface area contributed by atoms with E-state index in [9.17, 15) is 5.11 Å². The van der Waals surface area contributed by atoms with Crippen LogP contribution in [0.1, 0.15) is 30.0 Å². The van der Waals surface area contributed by atoms with Crippen LogP contribution in [0, 0.1) is 0 Å². The highest BCUT2D eigenvalue weighted by atomic mass is 16.5. The molecule has 0 saturated carbocycles. The van der Waals surface area contributed by atoms with E-state index in [4.69, 9.17) is 15.2 Å². The number of hydrogen-bond donors (Lipinski definition) is 2. The maximum atomic E-state index is 10.1. The van der Waals surface area contributed by atoms with Crippen molar-refractivity contribution in [3.8, 4) is 11.5 Å². The molecule has 4 heteroatoms. The van der Waals surface area contributed by atoms with Gasteiger partial charge in [0.15, 0.2) is 0 Å². The van der Waals surface area contributed by atoms with Gasteiger partial charge >= 0.3 is 0 Å². The maximum absolute atomic E-state index is 10.1. The minimum absolute atomic E-state index is 0.400. The van der Waals surface area contributed by atoms with Crippen LogP contribution in [0.2, 0.25) is 0 Å². The van der Waals surface area contributed by atoms with Gasteiger partial charge in [-0.25, -0.2) is 0 Å². The van der Waals surface area contributed by atoms with Crippen LogP contribution >= 0.6 is 0 Å². The number of aliphatic hydroxyl groups excluding tert-OH is 1. The molecule has 0 amide bonds. The molecule has 3 aromatic carbocycles. The van der Waals surface area contributed by atoms with Gasteiger partial charge in [0.05, 0.1) is 7.11 Å². The van der Waals surface area contributed by atoms with Crippen LogP contribution in [0.4, 0.5) is 0 Å². The summed E-state index contributed by atoms with van der Waals surface area (Å²) in [6.45, 7) is 2.59. The molecular weight excluding hydrogens is 362 g/mol. The Balaban J connectivity index is 1.94. The Morgan fingerprint density at radius 3 is 2.21 bits per heavy atom. The summed E-state index contributed by atoms with van der Waals surface area (Å²) in [5, 5.41) is 10.1. The lowest BCUT2D eigenvalue weighted by molar-refractivity contribution is 0.138. The van der Waals surface area contributed by atoms with Gasteiger partial charge in [0.25, 0.3) is 0 Å². The van der Waals surface area contributed by atoms with Crippen LogP contribution < -0.4 is 15.2 Å². The van der Waals surface area contributed by atoms with Crippen molar-refractivity contribution in [3.63, 3.8) is 0 Å². The number of aliphatic hydroxyl groups is 1. The molecule has 0 spiro atoms. The van der Waals surface area contributed by atoms with Gasteiger partial charge in [0.2, 0.25) is 0 Å². The van der Waals surface area contributed by atoms with Crippen molar-refractivity contribution < 1.29 is 14.6 Å². The number of benzene rings is 3. The number of nitrogens with two attached hydrogens (primary N) is 1. The first kappa shape index (κ1) is 20.9. The molecule has 0 aliphatic rings. The Bertz CT molecular complexity index is 911. The molecule has 1 unspecified atom stereocenters. The molecule has 0 aromatic heterocycles. The van der Waals surface area contributed by atoms with Crippen molar-refractivity contribution in [1.29, 1.82) is 0 Å². The fourth-order valence-electron chi connectivity index (χ4n) is 3.83. The highest BCUT2D eigenvalue weighted by Crippen LogP contribution is 2.39. The lowest BCUT2D eigenvalue weighted by Gasteiger charge is -2.33. The third-order valence-corrected chi connectivity index (χ3v) is 5.21. The second-order valence-electron chi connectivity index (χ2n) is 7.59. The summed E-state index contributed by atoms with van der Waals surface area (Å²) in [5.41, 5.74) is 8.59. The average molecular weight is 392 g/mol. The minimum atomic E-state index is -0.933. The Labute approximate surface area is 172 Å². The molecule has 3 rings (SSSR count). The molecule has 3 aromatic rings. The van der Waals surface area contributed by atoms with Crippen LogP contribution in [-0.2, 0) is 18.4 Å². The summed E-state index contributed by atoms with van der Waals surface area (Å²) >= 11 is 0. The zero-order valence-electron chi connectivity index (χ0n) is 17.0. The van der Waals surface area contributed by atoms with Crippen LogP contribution in [0.25, 0.3) is 0 Å². The van der Waals surface area contributed by atoms with E-state index in [1.807, 2.05) is 72.8 Å². The van der Waals surface area contributed by atoms with E-state index in [2.05, 4.69) is 13.0 Å². The Morgan fingerprint density at radius 2 is 1.52 bits per heavy atom. The third kappa shape index (κ3) is 5.37. The van der Waals surface area contributed by atoms with Gasteiger partial charge in [-0.3, -0.25) is 0 Å². The van der Waals surface area contributed by atoms with Crippen molar-refractivity contribution in [2.45, 2.75) is 38.0 Å². The van der Waals surface area contributed by atoms with E-state index in [0.717, 1.165) is 28.2 Å². The highest BCUT2D eigenvalue weighted by molar-refractivity contribution is 5.43. The van der Waals surface area contributed by atoms with E-state index < -0.39 is 11.6 Å². The van der Waals surface area contributed by atoms with Crippen LogP contribution in [0.5, 0.6) is 11.5 Å². The average Bonchev–Trinajstić information content (AvgIpc) is 2.73. The number of ether oxygens (including phenoxy) is 2. The topological polar surface area (TPSA) is 64.7 Å². The first-order valence-electron chi connectivity index (χ1n) is 9.83. The highest BCUT2D eigenvalue weighted by Gasteiger charge is 2.32. The molecule has 0 bridgehead atoms. The van der Waals surface area contributed by atoms with Gasteiger partial charge < -0.3 is 20.3 Å². The van der Waals surface area contributed by atoms with E-state index >= 15 is 0 Å². The molecule has 0 radical (unpaired) electrons. The summed E-state index contributed by atoms with van der Waals surface area (Å²) < 4.78 is 11.7. The van der Waals surface area contributed by atoms with Crippen LogP contribution in [-0.4, -0.2) is 18.4 Å². The molecule has 0 heterocycles. The Morgan fingerprint density at radius 1 is 0.897 bits per heavy atom. The van der Waals surface area contributed by atoms with Crippen molar-refractivity contribution in [3.05, 3.63) is 95.6 Å². The smallest absolute Gasteiger partial charge is 0.123 e. The summed E-state index contributed by atoms with van der Waals surface area (Å²) in [6, 6.07) is 26.0. The number of hydrogen-bond acceptors (Lipinski definition) is 4. The molecule has 152 valence electrons. The summed E-state index contributed by atoms with van der Waals surface area (Å²) in [7, 11) is 1.67. The SMILES string of the molecule is COc1ccccc1CC(C)(C[C@H](N)O)c1ccccc1OCc1ccccc1. The lowest BCUT2D eigenvalue weighted by Crippen LogP contribution is -2.35. The fourth-order valence-corrected chi connectivity index (χ4v) is 3.83. The molecule has 0 saturated heterocycles. The zero-order chi connectivity index (χ0) is 20.7. The molecule has 0 aliphatic heterocycles. The first-order valence-corrected chi connectivity index (χ1v) is 9.83. The lowest BCUT2D eigenvalue weighted by atomic mass is 9.73. The van der Waals surface area contributed by atoms with E-state index in [1.54, 1.807) is 7.11 Å². The quantitative estimate of drug-likeness (QED) is 0.529. The van der Waals surface area contributed by atoms with Gasteiger partial charge in [-0.15, -0.1) is 0 Å². The largest absolute Gasteiger partial charge is 0.496 e. The van der Waals surface area contributed by atoms with E-state index in [-0.39, 0.29) is 0 Å². The van der Waals surface area contributed by atoms with Crippen molar-refractivity contribution >= 4 is 0 Å². The van der Waals surface area contributed by atoms with Crippen molar-refractivity contribution in [2.24, 2.45) is 5.73 Å². The van der Waals surface area contributed by atoms with Gasteiger partial charge in [0, 0.05) is 11.0 Å². The molecule has 0 aliphatic carbocycles. The predicted molar refractivity (Wildman–Crippen MR) is 116 cm³/mol. The third-order valence-electron chi connectivity index (χ3n) is 5.21. The summed E-state index contributed by atoms with van der Waals surface area (Å²) in [6.07, 6.45) is 0.130. The summed E-state index contributed by atoms with van der Waals surface area (Å²) in [4.78, 5) is 0. The standard InChI is InChI=1S/C25H29NO3/c1-25(17-24(26)27,16-20-12-6-8-14-22(20)28-2)21-13-7-9-15-23(21)29-18-19-10-4-3-5-11-19/h3-15,24,27H,16-18,26H2,1-2H3/t24-,25?/m1/s1. The molecule has 2 atom stereocenters. The van der Waals surface area contributed by atoms with E-state index in [0.29, 0.717) is 19.4 Å². The number of para-hydroxylation sites is 2. The van der Waals surface area contributed by atoms with Crippen LogP contribution in [0.15, 0.2) is 78.9 Å². The molecular formula is C25H29NO3. The molecule has 3 N–H and O–H groups in total. The predicted octanol–water partition coefficient (Wildman–Crippen LogP) is 4.44. The number of rotatable bonds is 9. The molecule has 29 heavy (non-hydrogen) atoms. The van der Waals surface area contributed by atoms with Gasteiger partial charge in [-0.1, -0.05) is 73.7 Å². The van der Waals surface area contributed by atoms with Crippen LogP contribution in [0.3, 0.4) is 0 Å². The monoisotopic (exact) mass is 391 g/mol. The van der Waals surface area contributed by atoms with Gasteiger partial charge in [-0.05, 0) is 36.1 Å². The Kier molecular flexibility index (Phi) is 6.91. The second-order valence-corrected chi connectivity index (χ2v) is 7.59. The summed E-state index contributed by atoms with van der Waals surface area (Å²) in [5.74, 6) is 1.63. The van der Waals surface area contributed by atoms with Gasteiger partial charge in [0.1, 0.15) is 24.3 Å². The fraction of sp³-hybridized carbons (Fsp3) is 0.280. The molecule has 0 fully saturated rings. The normalized spacial score (nSPS) is 14.1. The first-order chi connectivity index (χ1) is 14.0. The molecule has 4 nitrogen and oxygen atoms in total. The second kappa shape index (κ2) is 9.59. The number of methoxy groups -OCH3 is 1. The van der Waals surface area contributed by atoms with Crippen molar-refractivity contribution in [2.75, 3.05) is 7.11 Å². The Hall–Kier alpha value is -2.82.